The molecule has 5 fully saturated rings. The number of nitrogens with zero attached hydrogens (tertiary/aromatic N) is 8. The Hall–Kier alpha value is -6.63. The summed E-state index contributed by atoms with van der Waals surface area (Å²) in [6, 6.07) is 42.8. The molecule has 0 aliphatic carbocycles. The number of carbonyl (C=O) groups excluding carboxylic acids is 2. The fourth-order valence-corrected chi connectivity index (χ4v) is 18.4. The molecule has 38 heteroatoms. The zero-order valence-electron chi connectivity index (χ0n) is 72.6. The molecular weight excluding hydrogens is 1840 g/mol. The number of fused-ring (bicyclic) bond motifs is 4. The Kier molecular flexibility index (Phi) is 30.9. The molecule has 123 heavy (non-hydrogen) atoms. The predicted octanol–water partition coefficient (Wildman–Crippen LogP) is 17.6. The number of hydrogen-bond donors (Lipinski definition) is 3. The molecule has 5 saturated heterocycles. The van der Waals surface area contributed by atoms with E-state index in [0.29, 0.717) is 90.3 Å². The average Bonchev–Trinajstić information content (AvgIpc) is 1.62. The third-order valence-corrected chi connectivity index (χ3v) is 30.0. The monoisotopic (exact) mass is 1950 g/mol. The van der Waals surface area contributed by atoms with E-state index in [1.807, 2.05) is 92.9 Å². The standard InChI is InChI=1S/C36H45ClN4O8SSi.C30H41BClN3O7Si.C12H16BrNO3S.C7H8BrNOS/c1-36(2,3)49-35(43)40-50(4,44)25-14-12-23(13-15-25)22-8-10-24(11-9-22)30-26(37)18-27-33(39-30)41(21-45-16-17-51(5,6)7)34(38-27)48-29-20-47-31-28(42)19-46-32(29)31;1-29(2)30(3,4)42-31(41-29)19-10-8-18(9-11-19)24-20(32)14-21-27(34-24)35(17-37-12-13-43(5,6)7)28(33-21)40-23-16-39-25-22(36)15-38-26(23)25;1-12(2,3)17-11(15)14-18(4,16)10-7-5-9(13)6-8-10;1-11(9,10)7-4-2-6(8)3-5-7/h8-15,18,28-29,31-32,42H,16-17,19-21H2,1-7H3;8-11,14,22-23,25-26,36H,12-13,15-17H2,1-7H3;5-8H,1-4H3;2-5,9H,1H3/t28-,29-,31-,32-,50?;22-,23-,25-,26-;;/m11../s1. The molecule has 28 nitrogen and oxygen atoms in total. The topological polar surface area (TPSA) is 347 Å². The van der Waals surface area contributed by atoms with Crippen LogP contribution in [0.3, 0.4) is 0 Å². The molecule has 4 aromatic heterocycles. The van der Waals surface area contributed by atoms with Crippen LogP contribution in [0.2, 0.25) is 61.4 Å². The summed E-state index contributed by atoms with van der Waals surface area (Å²) in [7, 11) is -11.4. The van der Waals surface area contributed by atoms with Gasteiger partial charge in [0, 0.05) is 82.9 Å². The van der Waals surface area contributed by atoms with Crippen molar-refractivity contribution in [2.75, 3.05) is 58.4 Å². The van der Waals surface area contributed by atoms with Gasteiger partial charge in [-0.1, -0.05) is 155 Å². The number of aliphatic hydroxyl groups is 2. The summed E-state index contributed by atoms with van der Waals surface area (Å²) in [5, 5.41) is 21.3. The number of carbonyl (C=O) groups is 2. The lowest BCUT2D eigenvalue weighted by Gasteiger charge is -2.32. The minimum Gasteiger partial charge on any atom is -0.456 e. The van der Waals surface area contributed by atoms with E-state index in [4.69, 9.17) is 105 Å². The largest absolute Gasteiger partial charge is 0.494 e. The van der Waals surface area contributed by atoms with E-state index in [2.05, 4.69) is 79.9 Å². The highest BCUT2D eigenvalue weighted by atomic mass is 79.9. The molecule has 11 atom stereocenters. The highest BCUT2D eigenvalue weighted by Gasteiger charge is 2.53. The molecule has 0 radical (unpaired) electrons. The van der Waals surface area contributed by atoms with Gasteiger partial charge in [-0.3, -0.25) is 9.13 Å². The van der Waals surface area contributed by atoms with Gasteiger partial charge >= 0.3 is 31.3 Å². The maximum absolute atomic E-state index is 13.2. The minimum atomic E-state index is -2.99. The molecule has 9 heterocycles. The molecular formula is C85H110BBr2Cl2N9O19S3Si2. The van der Waals surface area contributed by atoms with Crippen LogP contribution in [0, 0.1) is 4.78 Å². The second-order valence-corrected chi connectivity index (χ2v) is 56.7. The quantitative estimate of drug-likeness (QED) is 0.0444. The fraction of sp³-hybridized carbons (Fsp3) is 0.482. The Labute approximate surface area is 749 Å². The van der Waals surface area contributed by atoms with Crippen LogP contribution in [-0.2, 0) is 89.9 Å². The van der Waals surface area contributed by atoms with Gasteiger partial charge in [-0.15, -0.1) is 8.73 Å². The van der Waals surface area contributed by atoms with Crippen LogP contribution < -0.4 is 14.9 Å². The van der Waals surface area contributed by atoms with Crippen molar-refractivity contribution in [2.45, 2.75) is 220 Å². The first-order valence-corrected chi connectivity index (χ1v) is 55.6. The van der Waals surface area contributed by atoms with E-state index >= 15 is 0 Å². The number of benzene rings is 5. The molecule has 0 spiro atoms. The predicted molar refractivity (Wildman–Crippen MR) is 490 cm³/mol. The Balaban J connectivity index is 0.000000183. The first-order chi connectivity index (χ1) is 57.3. The molecule has 2 amide bonds. The smallest absolute Gasteiger partial charge is 0.456 e. The van der Waals surface area contributed by atoms with Crippen LogP contribution in [0.5, 0.6) is 12.0 Å². The van der Waals surface area contributed by atoms with Crippen LogP contribution in [0.4, 0.5) is 9.59 Å². The summed E-state index contributed by atoms with van der Waals surface area (Å²) in [4.78, 5) is 44.6. The third-order valence-electron chi connectivity index (χ3n) is 20.5. The maximum Gasteiger partial charge on any atom is 0.494 e. The summed E-state index contributed by atoms with van der Waals surface area (Å²) in [6.45, 7) is 35.0. The van der Waals surface area contributed by atoms with Gasteiger partial charge in [0.15, 0.2) is 23.5 Å². The van der Waals surface area contributed by atoms with E-state index in [0.717, 1.165) is 48.8 Å². The van der Waals surface area contributed by atoms with Gasteiger partial charge < -0.3 is 66.9 Å². The number of ether oxygens (including phenoxy) is 10. The van der Waals surface area contributed by atoms with Crippen LogP contribution in [0.25, 0.3) is 56.0 Å². The lowest BCUT2D eigenvalue weighted by atomic mass is 9.79. The van der Waals surface area contributed by atoms with E-state index < -0.39 is 130 Å². The molecule has 5 aliphatic rings. The average molecular weight is 1960 g/mol. The van der Waals surface area contributed by atoms with Gasteiger partial charge in [-0.2, -0.15) is 9.97 Å². The molecule has 9 aromatic rings. The lowest BCUT2D eigenvalue weighted by molar-refractivity contribution is 0.00332. The van der Waals surface area contributed by atoms with Gasteiger partial charge in [0.25, 0.3) is 0 Å². The Morgan fingerprint density at radius 2 is 0.862 bits per heavy atom. The highest BCUT2D eigenvalue weighted by Crippen LogP contribution is 2.40. The fourth-order valence-electron chi connectivity index (χ4n) is 13.1. The third kappa shape index (κ3) is 25.7. The molecule has 3 unspecified atom stereocenters. The van der Waals surface area contributed by atoms with Crippen molar-refractivity contribution < 1.29 is 89.1 Å². The van der Waals surface area contributed by atoms with E-state index in [1.54, 1.807) is 119 Å². The number of hydrogen-bond acceptors (Lipinski definition) is 24. The van der Waals surface area contributed by atoms with Gasteiger partial charge in [-0.25, -0.2) is 37.0 Å². The number of aromatic nitrogens is 6. The molecule has 5 aliphatic heterocycles. The second kappa shape index (κ2) is 39.1. The van der Waals surface area contributed by atoms with Crippen molar-refractivity contribution in [1.82, 2.24) is 29.1 Å². The minimum absolute atomic E-state index is 0.180. The number of nitrogens with one attached hydrogen (secondary N) is 1. The number of rotatable bonds is 21. The zero-order chi connectivity index (χ0) is 89.9. The second-order valence-electron chi connectivity index (χ2n) is 36.1. The number of halogens is 4. The Morgan fingerprint density at radius 1 is 0.528 bits per heavy atom. The first-order valence-electron chi connectivity index (χ1n) is 40.1. The first kappa shape index (κ1) is 97.0. The Bertz CT molecular complexity index is 5630. The van der Waals surface area contributed by atoms with Gasteiger partial charge in [0.05, 0.1) is 88.2 Å². The normalized spacial score (nSPS) is 21.8. The van der Waals surface area contributed by atoms with Crippen molar-refractivity contribution in [2.24, 2.45) is 8.73 Å². The van der Waals surface area contributed by atoms with Crippen molar-refractivity contribution in [3.05, 3.63) is 152 Å². The summed E-state index contributed by atoms with van der Waals surface area (Å²) in [5.41, 5.74) is 5.65. The van der Waals surface area contributed by atoms with Crippen molar-refractivity contribution in [1.29, 1.82) is 4.78 Å². The molecule has 3 N–H and O–H groups in total. The van der Waals surface area contributed by atoms with Gasteiger partial charge in [0.2, 0.25) is 0 Å². The SMILES string of the molecule is CC(C)(C)OC(=O)N=S(C)(=O)c1ccc(-c2ccc(-c3nc4c(cc3Cl)nc(O[C@@H]3CO[C@H]5[C@@H]3OC[C@H]5O)n4COCC[Si](C)(C)C)cc2)cc1.CC(C)(C)OC(=O)N=S(C)(=O)c1ccc(Br)cc1.CC1(C)OB(c2ccc(-c3nc4c(cc3Cl)nc(O[C@@H]3CO[C@H]5[C@@H]3OC[C@H]5O)n4COCC[Si](C)(C)C)cc2)OC1(C)C.CS(=N)(=O)c1ccc(Br)cc1. The number of amides is 2. The van der Waals surface area contributed by atoms with Gasteiger partial charge in [-0.05, 0) is 171 Å². The van der Waals surface area contributed by atoms with Crippen LogP contribution in [0.15, 0.2) is 166 Å². The summed E-state index contributed by atoms with van der Waals surface area (Å²) in [5.74, 6) is 0. The maximum atomic E-state index is 13.2. The number of imidazole rings is 2. The summed E-state index contributed by atoms with van der Waals surface area (Å²) >= 11 is 20.1. The van der Waals surface area contributed by atoms with Crippen molar-refractivity contribution in [3.8, 4) is 45.7 Å². The number of pyridine rings is 2. The van der Waals surface area contributed by atoms with Crippen LogP contribution in [0.1, 0.15) is 69.2 Å². The molecule has 666 valence electrons. The Morgan fingerprint density at radius 3 is 1.22 bits per heavy atom. The van der Waals surface area contributed by atoms with Crippen molar-refractivity contribution in [3.63, 3.8) is 0 Å². The highest BCUT2D eigenvalue weighted by molar-refractivity contribution is 9.10. The van der Waals surface area contributed by atoms with Crippen molar-refractivity contribution >= 4 is 147 Å². The molecule has 5 aromatic carbocycles. The molecule has 0 saturated carbocycles. The van der Waals surface area contributed by atoms with E-state index in [1.165, 1.54) is 18.8 Å². The zero-order valence-corrected chi connectivity index (χ0v) is 81.8. The van der Waals surface area contributed by atoms with E-state index in [-0.39, 0.29) is 39.4 Å². The summed E-state index contributed by atoms with van der Waals surface area (Å²) < 4.78 is 128. The van der Waals surface area contributed by atoms with Crippen LogP contribution in [-0.4, -0.2) is 217 Å². The van der Waals surface area contributed by atoms with E-state index in [9.17, 15) is 32.4 Å². The van der Waals surface area contributed by atoms with Crippen LogP contribution >= 0.6 is 55.1 Å². The summed E-state index contributed by atoms with van der Waals surface area (Å²) in [6.07, 6.45) is -1.26. The lowest BCUT2D eigenvalue weighted by Crippen LogP contribution is -2.41. The van der Waals surface area contributed by atoms with Gasteiger partial charge in [0.1, 0.15) is 72.3 Å². The molecule has 0 bridgehead atoms. The number of aliphatic hydroxyl groups excluding tert-OH is 2. The molecule has 14 rings (SSSR count).